The minimum atomic E-state index is -1.82. The number of hydrogen-bond acceptors (Lipinski definition) is 3. The highest BCUT2D eigenvalue weighted by Crippen LogP contribution is 2.21. The number of nitrogens with zero attached hydrogens (tertiary/aromatic N) is 1. The van der Waals surface area contributed by atoms with Gasteiger partial charge in [0.25, 0.3) is 0 Å². The minimum absolute atomic E-state index is 0.917. The summed E-state index contributed by atoms with van der Waals surface area (Å²) in [5.41, 5.74) is 1.12. The van der Waals surface area contributed by atoms with Gasteiger partial charge in [-0.05, 0) is 16.8 Å². The fraction of sp³-hybridized carbons (Fsp3) is 0. The molecule has 0 bridgehead atoms. The largest absolute Gasteiger partial charge is 0.473 e. The molecule has 6 heteroatoms. The molecule has 0 atom stereocenters. The molecule has 3 N–H and O–H groups in total. The van der Waals surface area contributed by atoms with Crippen LogP contribution in [0.3, 0.4) is 0 Å². The second kappa shape index (κ2) is 6.33. The number of carboxylic acid groups (broad SMARTS) is 2. The lowest BCUT2D eigenvalue weighted by Gasteiger charge is -2.00. The molecular formula is C15H12N2O4. The number of benzene rings is 2. The van der Waals surface area contributed by atoms with Gasteiger partial charge in [-0.15, -0.1) is 0 Å². The van der Waals surface area contributed by atoms with Gasteiger partial charge in [-0.3, -0.25) is 0 Å². The molecule has 0 aliphatic heterocycles. The lowest BCUT2D eigenvalue weighted by atomic mass is 10.1. The van der Waals surface area contributed by atoms with Crippen LogP contribution in [-0.4, -0.2) is 32.1 Å². The first-order valence-electron chi connectivity index (χ1n) is 6.02. The molecule has 0 unspecified atom stereocenters. The Morgan fingerprint density at radius 3 is 2.19 bits per heavy atom. The number of imidazole rings is 1. The molecule has 0 spiro atoms. The predicted octanol–water partition coefficient (Wildman–Crippen LogP) is 2.39. The van der Waals surface area contributed by atoms with Gasteiger partial charge >= 0.3 is 11.9 Å². The van der Waals surface area contributed by atoms with E-state index in [0.717, 1.165) is 11.4 Å². The lowest BCUT2D eigenvalue weighted by molar-refractivity contribution is -0.159. The molecule has 0 saturated heterocycles. The maximum atomic E-state index is 9.10. The summed E-state index contributed by atoms with van der Waals surface area (Å²) in [6, 6.07) is 14.7. The number of carboxylic acids is 2. The average molecular weight is 284 g/mol. The number of aliphatic carboxylic acids is 2. The van der Waals surface area contributed by atoms with Crippen LogP contribution in [0.4, 0.5) is 0 Å². The van der Waals surface area contributed by atoms with Crippen molar-refractivity contribution in [2.45, 2.75) is 0 Å². The Labute approximate surface area is 119 Å². The molecule has 0 fully saturated rings. The first kappa shape index (κ1) is 14.3. The first-order chi connectivity index (χ1) is 10.1. The van der Waals surface area contributed by atoms with Crippen molar-refractivity contribution >= 4 is 22.7 Å². The number of hydrogen-bond donors (Lipinski definition) is 3. The van der Waals surface area contributed by atoms with E-state index in [9.17, 15) is 0 Å². The number of aromatic amines is 1. The lowest BCUT2D eigenvalue weighted by Crippen LogP contribution is -2.09. The number of carbonyl (C=O) groups is 2. The number of rotatable bonds is 1. The molecule has 106 valence electrons. The molecule has 0 aliphatic carbocycles. The van der Waals surface area contributed by atoms with Crippen molar-refractivity contribution in [3.05, 3.63) is 54.9 Å². The average Bonchev–Trinajstić information content (AvgIpc) is 3.01. The van der Waals surface area contributed by atoms with E-state index in [-0.39, 0.29) is 0 Å². The van der Waals surface area contributed by atoms with Crippen LogP contribution >= 0.6 is 0 Å². The van der Waals surface area contributed by atoms with Gasteiger partial charge in [0.2, 0.25) is 0 Å². The van der Waals surface area contributed by atoms with E-state index in [1.54, 1.807) is 6.20 Å². The summed E-state index contributed by atoms with van der Waals surface area (Å²) in [6.45, 7) is 0. The van der Waals surface area contributed by atoms with E-state index in [0.29, 0.717) is 0 Å². The summed E-state index contributed by atoms with van der Waals surface area (Å²) >= 11 is 0. The van der Waals surface area contributed by atoms with E-state index >= 15 is 0 Å². The van der Waals surface area contributed by atoms with E-state index < -0.39 is 11.9 Å². The Balaban J connectivity index is 0.000000232. The zero-order chi connectivity index (χ0) is 15.2. The summed E-state index contributed by atoms with van der Waals surface area (Å²) in [5.74, 6) is -2.73. The summed E-state index contributed by atoms with van der Waals surface area (Å²) in [7, 11) is 0. The standard InChI is InChI=1S/C13H10N2.C2H2O4/c1-2-4-11-9-12(6-5-10(11)3-1)13-14-7-8-15-13;3-1(4)2(5)6/h1-9H,(H,14,15);(H,3,4)(H,5,6). The molecule has 2 aromatic carbocycles. The van der Waals surface area contributed by atoms with Crippen LogP contribution in [0.2, 0.25) is 0 Å². The second-order valence-electron chi connectivity index (χ2n) is 4.11. The second-order valence-corrected chi connectivity index (χ2v) is 4.11. The SMILES string of the molecule is O=C(O)C(=O)O.c1ccc2cc(-c3ncc[nH]3)ccc2c1. The van der Waals surface area contributed by atoms with Crippen LogP contribution in [0.25, 0.3) is 22.2 Å². The van der Waals surface area contributed by atoms with Gasteiger partial charge in [-0.2, -0.15) is 0 Å². The van der Waals surface area contributed by atoms with Crippen LogP contribution in [0, 0.1) is 0 Å². The maximum absolute atomic E-state index is 9.10. The molecule has 1 heterocycles. The smallest absolute Gasteiger partial charge is 0.414 e. The highest BCUT2D eigenvalue weighted by atomic mass is 16.4. The van der Waals surface area contributed by atoms with Gasteiger partial charge in [0.15, 0.2) is 0 Å². The van der Waals surface area contributed by atoms with Gasteiger partial charge in [-0.1, -0.05) is 36.4 Å². The molecule has 1 aromatic heterocycles. The summed E-state index contributed by atoms with van der Waals surface area (Å²) < 4.78 is 0. The highest BCUT2D eigenvalue weighted by molar-refractivity contribution is 6.27. The van der Waals surface area contributed by atoms with Crippen molar-refractivity contribution < 1.29 is 19.8 Å². The van der Waals surface area contributed by atoms with Crippen molar-refractivity contribution in [2.75, 3.05) is 0 Å². The Morgan fingerprint density at radius 1 is 0.952 bits per heavy atom. The Morgan fingerprint density at radius 2 is 1.62 bits per heavy atom. The molecule has 0 saturated carbocycles. The Bertz CT molecular complexity index is 754. The van der Waals surface area contributed by atoms with Crippen molar-refractivity contribution in [2.24, 2.45) is 0 Å². The highest BCUT2D eigenvalue weighted by Gasteiger charge is 2.04. The van der Waals surface area contributed by atoms with E-state index in [2.05, 4.69) is 46.4 Å². The third-order valence-electron chi connectivity index (χ3n) is 2.70. The molecule has 21 heavy (non-hydrogen) atoms. The number of H-pyrrole nitrogens is 1. The number of nitrogens with one attached hydrogen (secondary N) is 1. The van der Waals surface area contributed by atoms with Gasteiger partial charge in [0.05, 0.1) is 0 Å². The monoisotopic (exact) mass is 284 g/mol. The van der Waals surface area contributed by atoms with Crippen LogP contribution in [0.1, 0.15) is 0 Å². The van der Waals surface area contributed by atoms with Gasteiger partial charge in [0.1, 0.15) is 5.82 Å². The van der Waals surface area contributed by atoms with E-state index in [1.807, 2.05) is 12.3 Å². The molecule has 0 aliphatic rings. The van der Waals surface area contributed by atoms with Gasteiger partial charge in [-0.25, -0.2) is 14.6 Å². The van der Waals surface area contributed by atoms with Gasteiger partial charge < -0.3 is 15.2 Å². The molecule has 3 rings (SSSR count). The molecule has 6 nitrogen and oxygen atoms in total. The number of aromatic nitrogens is 2. The minimum Gasteiger partial charge on any atom is -0.473 e. The summed E-state index contributed by atoms with van der Waals surface area (Å²) in [4.78, 5) is 25.5. The zero-order valence-electron chi connectivity index (χ0n) is 10.9. The Hall–Kier alpha value is -3.15. The first-order valence-corrected chi connectivity index (χ1v) is 6.02. The zero-order valence-corrected chi connectivity index (χ0v) is 10.9. The van der Waals surface area contributed by atoms with Crippen LogP contribution in [0.15, 0.2) is 54.9 Å². The van der Waals surface area contributed by atoms with Crippen molar-refractivity contribution in [1.29, 1.82) is 0 Å². The van der Waals surface area contributed by atoms with Crippen molar-refractivity contribution in [1.82, 2.24) is 9.97 Å². The van der Waals surface area contributed by atoms with E-state index in [4.69, 9.17) is 19.8 Å². The topological polar surface area (TPSA) is 103 Å². The number of fused-ring (bicyclic) bond motifs is 1. The molecular weight excluding hydrogens is 272 g/mol. The maximum Gasteiger partial charge on any atom is 0.414 e. The molecule has 3 aromatic rings. The predicted molar refractivity (Wildman–Crippen MR) is 76.8 cm³/mol. The third kappa shape index (κ3) is 3.66. The Kier molecular flexibility index (Phi) is 4.30. The van der Waals surface area contributed by atoms with Crippen LogP contribution in [-0.2, 0) is 9.59 Å². The van der Waals surface area contributed by atoms with Crippen molar-refractivity contribution in [3.63, 3.8) is 0 Å². The fourth-order valence-corrected chi connectivity index (χ4v) is 1.76. The fourth-order valence-electron chi connectivity index (χ4n) is 1.76. The third-order valence-corrected chi connectivity index (χ3v) is 2.70. The summed E-state index contributed by atoms with van der Waals surface area (Å²) in [6.07, 6.45) is 3.61. The van der Waals surface area contributed by atoms with E-state index in [1.165, 1.54) is 10.8 Å². The summed E-state index contributed by atoms with van der Waals surface area (Å²) in [5, 5.41) is 17.3. The molecule has 0 radical (unpaired) electrons. The van der Waals surface area contributed by atoms with Crippen molar-refractivity contribution in [3.8, 4) is 11.4 Å². The van der Waals surface area contributed by atoms with Crippen LogP contribution in [0.5, 0.6) is 0 Å². The normalized spacial score (nSPS) is 9.71. The van der Waals surface area contributed by atoms with Crippen LogP contribution < -0.4 is 0 Å². The molecule has 0 amide bonds. The quantitative estimate of drug-likeness (QED) is 0.595. The van der Waals surface area contributed by atoms with Gasteiger partial charge in [0, 0.05) is 18.0 Å².